The van der Waals surface area contributed by atoms with Crippen molar-refractivity contribution in [2.24, 2.45) is 0 Å². The van der Waals surface area contributed by atoms with Crippen LogP contribution in [0.25, 0.3) is 11.2 Å². The zero-order chi connectivity index (χ0) is 8.55. The molecule has 2 aromatic rings. The Balaban J connectivity index is 2.84. The van der Waals surface area contributed by atoms with Gasteiger partial charge in [0.2, 0.25) is 5.56 Å². The van der Waals surface area contributed by atoms with Gasteiger partial charge in [-0.3, -0.25) is 4.79 Å². The van der Waals surface area contributed by atoms with Crippen LogP contribution in [0.3, 0.4) is 0 Å². The summed E-state index contributed by atoms with van der Waals surface area (Å²) in [6, 6.07) is 3.20. The topological polar surface area (TPSA) is 50.7 Å². The first-order chi connectivity index (χ1) is 5.81. The Kier molecular flexibility index (Phi) is 1.46. The van der Waals surface area contributed by atoms with Gasteiger partial charge in [-0.15, -0.1) is 0 Å². The third kappa shape index (κ3) is 0.922. The van der Waals surface area contributed by atoms with E-state index < -0.39 is 0 Å². The first-order valence-corrected chi connectivity index (χ1v) is 3.85. The lowest BCUT2D eigenvalue weighted by Gasteiger charge is -1.96. The van der Waals surface area contributed by atoms with Crippen molar-refractivity contribution in [2.45, 2.75) is 13.5 Å². The zero-order valence-electron chi connectivity index (χ0n) is 6.74. The Morgan fingerprint density at radius 1 is 1.58 bits per heavy atom. The van der Waals surface area contributed by atoms with Gasteiger partial charge in [-0.05, 0) is 13.0 Å². The second kappa shape index (κ2) is 2.48. The standard InChI is InChI=1S/C8H9N3O/c1-2-11-5-9-6-3-4-7(12)10-8(6)11/h3-5H,2H2,1H3,(H,10,12). The summed E-state index contributed by atoms with van der Waals surface area (Å²) in [4.78, 5) is 17.8. The third-order valence-electron chi connectivity index (χ3n) is 1.84. The van der Waals surface area contributed by atoms with Crippen LogP contribution in [0.15, 0.2) is 23.3 Å². The van der Waals surface area contributed by atoms with Crippen molar-refractivity contribution in [1.29, 1.82) is 0 Å². The monoisotopic (exact) mass is 163 g/mol. The lowest BCUT2D eigenvalue weighted by molar-refractivity contribution is 0.777. The van der Waals surface area contributed by atoms with Crippen molar-refractivity contribution in [3.8, 4) is 0 Å². The number of fused-ring (bicyclic) bond motifs is 1. The summed E-state index contributed by atoms with van der Waals surface area (Å²) < 4.78 is 1.90. The lowest BCUT2D eigenvalue weighted by atomic mass is 10.4. The summed E-state index contributed by atoms with van der Waals surface area (Å²) in [5.41, 5.74) is 1.54. The van der Waals surface area contributed by atoms with Crippen LogP contribution in [0.1, 0.15) is 6.92 Å². The minimum atomic E-state index is -0.0855. The molecule has 2 aromatic heterocycles. The van der Waals surface area contributed by atoms with Gasteiger partial charge in [0.1, 0.15) is 11.2 Å². The average Bonchev–Trinajstić information content (AvgIpc) is 2.46. The summed E-state index contributed by atoms with van der Waals surface area (Å²) in [5, 5.41) is 0. The summed E-state index contributed by atoms with van der Waals surface area (Å²) in [6.45, 7) is 2.82. The highest BCUT2D eigenvalue weighted by atomic mass is 16.1. The van der Waals surface area contributed by atoms with E-state index in [0.717, 1.165) is 17.7 Å². The van der Waals surface area contributed by atoms with Gasteiger partial charge in [0.05, 0.1) is 6.33 Å². The van der Waals surface area contributed by atoms with Gasteiger partial charge >= 0.3 is 0 Å². The van der Waals surface area contributed by atoms with Crippen LogP contribution < -0.4 is 5.56 Å². The smallest absolute Gasteiger partial charge is 0.249 e. The molecule has 0 aromatic carbocycles. The fraction of sp³-hybridized carbons (Fsp3) is 0.250. The number of nitrogens with one attached hydrogen (secondary N) is 1. The van der Waals surface area contributed by atoms with Gasteiger partial charge in [-0.1, -0.05) is 0 Å². The minimum Gasteiger partial charge on any atom is -0.317 e. The van der Waals surface area contributed by atoms with Crippen LogP contribution in [0.2, 0.25) is 0 Å². The van der Waals surface area contributed by atoms with Gasteiger partial charge in [-0.2, -0.15) is 0 Å². The Labute approximate surface area is 68.9 Å². The van der Waals surface area contributed by atoms with Crippen molar-refractivity contribution in [3.63, 3.8) is 0 Å². The zero-order valence-corrected chi connectivity index (χ0v) is 6.74. The highest BCUT2D eigenvalue weighted by molar-refractivity contribution is 5.69. The van der Waals surface area contributed by atoms with Gasteiger partial charge in [0.25, 0.3) is 0 Å². The number of H-pyrrole nitrogens is 1. The predicted molar refractivity (Wildman–Crippen MR) is 46.0 cm³/mol. The van der Waals surface area contributed by atoms with E-state index in [1.54, 1.807) is 12.4 Å². The summed E-state index contributed by atoms with van der Waals surface area (Å²) >= 11 is 0. The number of rotatable bonds is 1. The number of nitrogens with zero attached hydrogens (tertiary/aromatic N) is 2. The van der Waals surface area contributed by atoms with Crippen LogP contribution in [0, 0.1) is 0 Å². The molecule has 4 heteroatoms. The molecule has 0 spiro atoms. The molecule has 0 amide bonds. The molecule has 2 rings (SSSR count). The van der Waals surface area contributed by atoms with Crippen LogP contribution in [0.4, 0.5) is 0 Å². The fourth-order valence-corrected chi connectivity index (χ4v) is 1.21. The van der Waals surface area contributed by atoms with E-state index in [1.807, 2.05) is 11.5 Å². The first-order valence-electron chi connectivity index (χ1n) is 3.85. The van der Waals surface area contributed by atoms with Crippen LogP contribution in [-0.2, 0) is 6.54 Å². The van der Waals surface area contributed by atoms with Crippen LogP contribution >= 0.6 is 0 Å². The van der Waals surface area contributed by atoms with Gasteiger partial charge in [-0.25, -0.2) is 4.98 Å². The highest BCUT2D eigenvalue weighted by Crippen LogP contribution is 2.05. The normalized spacial score (nSPS) is 10.8. The van der Waals surface area contributed by atoms with Crippen molar-refractivity contribution in [2.75, 3.05) is 0 Å². The number of aromatic nitrogens is 3. The van der Waals surface area contributed by atoms with Gasteiger partial charge in [0, 0.05) is 12.6 Å². The predicted octanol–water partition coefficient (Wildman–Crippen LogP) is 0.744. The third-order valence-corrected chi connectivity index (χ3v) is 1.84. The maximum Gasteiger partial charge on any atom is 0.249 e. The van der Waals surface area contributed by atoms with Gasteiger partial charge in [0.15, 0.2) is 0 Å². The van der Waals surface area contributed by atoms with Crippen molar-refractivity contribution in [3.05, 3.63) is 28.8 Å². The summed E-state index contributed by atoms with van der Waals surface area (Å²) in [6.07, 6.45) is 1.72. The average molecular weight is 163 g/mol. The number of aromatic amines is 1. The molecule has 0 bridgehead atoms. The lowest BCUT2D eigenvalue weighted by Crippen LogP contribution is -2.05. The van der Waals surface area contributed by atoms with E-state index in [9.17, 15) is 4.79 Å². The summed E-state index contributed by atoms with van der Waals surface area (Å²) in [7, 11) is 0. The molecule has 0 aliphatic rings. The molecule has 0 radical (unpaired) electrons. The second-order valence-corrected chi connectivity index (χ2v) is 2.59. The molecule has 0 fully saturated rings. The SMILES string of the molecule is CCn1cnc2ccc(=O)[nH]c21. The quantitative estimate of drug-likeness (QED) is 0.674. The number of hydrogen-bond donors (Lipinski definition) is 1. The Bertz CT molecular complexity index is 455. The van der Waals surface area contributed by atoms with E-state index in [1.165, 1.54) is 6.07 Å². The van der Waals surface area contributed by atoms with E-state index in [2.05, 4.69) is 9.97 Å². The molecule has 12 heavy (non-hydrogen) atoms. The first kappa shape index (κ1) is 7.09. The molecular formula is C8H9N3O. The number of pyridine rings is 1. The molecule has 0 aliphatic heterocycles. The highest BCUT2D eigenvalue weighted by Gasteiger charge is 1.99. The Morgan fingerprint density at radius 3 is 3.17 bits per heavy atom. The number of aryl methyl sites for hydroxylation is 1. The fourth-order valence-electron chi connectivity index (χ4n) is 1.21. The minimum absolute atomic E-state index is 0.0855. The number of hydrogen-bond acceptors (Lipinski definition) is 2. The van der Waals surface area contributed by atoms with Crippen molar-refractivity contribution in [1.82, 2.24) is 14.5 Å². The van der Waals surface area contributed by atoms with Crippen LogP contribution in [-0.4, -0.2) is 14.5 Å². The molecule has 0 saturated heterocycles. The second-order valence-electron chi connectivity index (χ2n) is 2.59. The Hall–Kier alpha value is -1.58. The molecule has 62 valence electrons. The molecule has 0 aliphatic carbocycles. The maximum atomic E-state index is 11.0. The maximum absolute atomic E-state index is 11.0. The molecule has 0 saturated carbocycles. The van der Waals surface area contributed by atoms with E-state index in [0.29, 0.717) is 0 Å². The van der Waals surface area contributed by atoms with Crippen molar-refractivity contribution >= 4 is 11.2 Å². The van der Waals surface area contributed by atoms with E-state index in [4.69, 9.17) is 0 Å². The molecule has 2 heterocycles. The molecule has 0 atom stereocenters. The summed E-state index contributed by atoms with van der Waals surface area (Å²) in [5.74, 6) is 0. The molecule has 4 nitrogen and oxygen atoms in total. The molecule has 0 unspecified atom stereocenters. The number of imidazole rings is 1. The van der Waals surface area contributed by atoms with Crippen molar-refractivity contribution < 1.29 is 0 Å². The van der Waals surface area contributed by atoms with Crippen LogP contribution in [0.5, 0.6) is 0 Å². The van der Waals surface area contributed by atoms with E-state index in [-0.39, 0.29) is 5.56 Å². The van der Waals surface area contributed by atoms with Gasteiger partial charge < -0.3 is 9.55 Å². The molecular weight excluding hydrogens is 154 g/mol. The largest absolute Gasteiger partial charge is 0.317 e. The van der Waals surface area contributed by atoms with E-state index >= 15 is 0 Å². The molecule has 1 N–H and O–H groups in total. The Morgan fingerprint density at radius 2 is 2.42 bits per heavy atom.